The average Bonchev–Trinajstić information content (AvgIpc) is 2.34. The molecule has 0 bridgehead atoms. The van der Waals surface area contributed by atoms with Gasteiger partial charge in [0.2, 0.25) is 0 Å². The second-order valence-corrected chi connectivity index (χ2v) is 4.08. The third-order valence-corrected chi connectivity index (χ3v) is 2.44. The fourth-order valence-electron chi connectivity index (χ4n) is 1.45. The van der Waals surface area contributed by atoms with Crippen LogP contribution in [-0.4, -0.2) is 17.6 Å². The molecule has 0 fully saturated rings. The van der Waals surface area contributed by atoms with E-state index in [1.54, 1.807) is 6.92 Å². The summed E-state index contributed by atoms with van der Waals surface area (Å²) in [6, 6.07) is 4.06. The van der Waals surface area contributed by atoms with Gasteiger partial charge in [-0.3, -0.25) is 4.98 Å². The van der Waals surface area contributed by atoms with Gasteiger partial charge in [0.05, 0.1) is 6.61 Å². The Labute approximate surface area is 103 Å². The van der Waals surface area contributed by atoms with Gasteiger partial charge in [-0.15, -0.1) is 0 Å². The van der Waals surface area contributed by atoms with Gasteiger partial charge in [0.1, 0.15) is 0 Å². The Morgan fingerprint density at radius 2 is 2.00 bits per heavy atom. The Balaban J connectivity index is 2.02. The Kier molecular flexibility index (Phi) is 6.00. The number of hydrogen-bond acceptors (Lipinski definition) is 3. The second kappa shape index (κ2) is 7.60. The van der Waals surface area contributed by atoms with Crippen molar-refractivity contribution in [2.45, 2.75) is 32.6 Å². The van der Waals surface area contributed by atoms with Crippen molar-refractivity contribution in [1.29, 1.82) is 0 Å². The molecule has 0 atom stereocenters. The number of carbonyl (C=O) groups excluding carboxylic acids is 1. The van der Waals surface area contributed by atoms with E-state index in [2.05, 4.69) is 11.6 Å². The minimum Gasteiger partial charge on any atom is -0.462 e. The number of hydrogen-bond donors (Lipinski definition) is 0. The summed E-state index contributed by atoms with van der Waals surface area (Å²) in [4.78, 5) is 15.0. The number of nitrogens with zero attached hydrogens (tertiary/aromatic N) is 1. The van der Waals surface area contributed by atoms with Crippen molar-refractivity contribution in [3.8, 4) is 0 Å². The van der Waals surface area contributed by atoms with Gasteiger partial charge in [0, 0.05) is 18.0 Å². The molecule has 0 radical (unpaired) electrons. The highest BCUT2D eigenvalue weighted by Gasteiger charge is 2.01. The second-order valence-electron chi connectivity index (χ2n) is 4.08. The quantitative estimate of drug-likeness (QED) is 0.413. The highest BCUT2D eigenvalue weighted by molar-refractivity contribution is 5.86. The summed E-state index contributed by atoms with van der Waals surface area (Å²) in [5.74, 6) is -0.292. The van der Waals surface area contributed by atoms with Crippen LogP contribution in [-0.2, 0) is 16.0 Å². The first kappa shape index (κ1) is 13.4. The van der Waals surface area contributed by atoms with Gasteiger partial charge in [-0.2, -0.15) is 0 Å². The van der Waals surface area contributed by atoms with Crippen LogP contribution in [0.4, 0.5) is 0 Å². The molecule has 0 amide bonds. The number of rotatable bonds is 7. The van der Waals surface area contributed by atoms with Crippen LogP contribution in [0.5, 0.6) is 0 Å². The van der Waals surface area contributed by atoms with E-state index in [0.717, 1.165) is 25.7 Å². The third kappa shape index (κ3) is 5.85. The smallest absolute Gasteiger partial charge is 0.333 e. The number of aryl methyl sites for hydroxylation is 1. The van der Waals surface area contributed by atoms with Gasteiger partial charge in [0.25, 0.3) is 0 Å². The van der Waals surface area contributed by atoms with E-state index in [4.69, 9.17) is 4.74 Å². The molecule has 3 heteroatoms. The predicted octanol–water partition coefficient (Wildman–Crippen LogP) is 2.91. The van der Waals surface area contributed by atoms with Crippen molar-refractivity contribution in [2.75, 3.05) is 6.61 Å². The fraction of sp³-hybridized carbons (Fsp3) is 0.429. The summed E-state index contributed by atoms with van der Waals surface area (Å²) >= 11 is 0. The number of unbranched alkanes of at least 4 members (excludes halogenated alkanes) is 2. The maximum absolute atomic E-state index is 11.1. The molecule has 0 aliphatic heterocycles. The van der Waals surface area contributed by atoms with E-state index in [9.17, 15) is 4.79 Å². The van der Waals surface area contributed by atoms with E-state index in [0.29, 0.717) is 12.2 Å². The minimum atomic E-state index is -0.292. The molecule has 0 spiro atoms. The largest absolute Gasteiger partial charge is 0.462 e. The van der Waals surface area contributed by atoms with Crippen molar-refractivity contribution >= 4 is 5.97 Å². The molecule has 0 aliphatic carbocycles. The first-order chi connectivity index (χ1) is 8.20. The van der Waals surface area contributed by atoms with Crippen LogP contribution in [0, 0.1) is 0 Å². The van der Waals surface area contributed by atoms with Crippen LogP contribution in [0.1, 0.15) is 31.7 Å². The van der Waals surface area contributed by atoms with E-state index in [-0.39, 0.29) is 5.97 Å². The lowest BCUT2D eigenvalue weighted by molar-refractivity contribution is -0.139. The van der Waals surface area contributed by atoms with Crippen molar-refractivity contribution in [2.24, 2.45) is 0 Å². The molecule has 0 saturated heterocycles. The van der Waals surface area contributed by atoms with Crippen molar-refractivity contribution in [3.05, 3.63) is 42.2 Å². The minimum absolute atomic E-state index is 0.292. The lowest BCUT2D eigenvalue weighted by Gasteiger charge is -2.04. The molecule has 0 saturated carbocycles. The molecule has 0 N–H and O–H groups in total. The molecule has 1 aromatic heterocycles. The summed E-state index contributed by atoms with van der Waals surface area (Å²) in [5, 5.41) is 0. The van der Waals surface area contributed by atoms with Crippen molar-refractivity contribution in [3.63, 3.8) is 0 Å². The maximum atomic E-state index is 11.1. The van der Waals surface area contributed by atoms with E-state index in [1.807, 2.05) is 24.5 Å². The predicted molar refractivity (Wildman–Crippen MR) is 67.6 cm³/mol. The molecule has 0 aromatic carbocycles. The van der Waals surface area contributed by atoms with Gasteiger partial charge in [-0.05, 0) is 50.3 Å². The Morgan fingerprint density at radius 1 is 1.29 bits per heavy atom. The molecule has 1 rings (SSSR count). The lowest BCUT2D eigenvalue weighted by atomic mass is 10.1. The average molecular weight is 233 g/mol. The summed E-state index contributed by atoms with van der Waals surface area (Å²) in [6.45, 7) is 5.68. The van der Waals surface area contributed by atoms with E-state index < -0.39 is 0 Å². The molecule has 3 nitrogen and oxygen atoms in total. The van der Waals surface area contributed by atoms with E-state index >= 15 is 0 Å². The first-order valence-corrected chi connectivity index (χ1v) is 5.91. The molecular weight excluding hydrogens is 214 g/mol. The van der Waals surface area contributed by atoms with Crippen LogP contribution >= 0.6 is 0 Å². The van der Waals surface area contributed by atoms with Gasteiger partial charge in [-0.1, -0.05) is 6.58 Å². The first-order valence-electron chi connectivity index (χ1n) is 5.91. The lowest BCUT2D eigenvalue weighted by Crippen LogP contribution is -2.06. The summed E-state index contributed by atoms with van der Waals surface area (Å²) in [5.41, 5.74) is 1.76. The number of esters is 1. The van der Waals surface area contributed by atoms with Crippen LogP contribution in [0.25, 0.3) is 0 Å². The summed E-state index contributed by atoms with van der Waals surface area (Å²) in [7, 11) is 0. The van der Waals surface area contributed by atoms with Crippen LogP contribution in [0.3, 0.4) is 0 Å². The van der Waals surface area contributed by atoms with Gasteiger partial charge < -0.3 is 4.74 Å². The zero-order valence-corrected chi connectivity index (χ0v) is 10.3. The number of ether oxygens (including phenoxy) is 1. The number of pyridine rings is 1. The third-order valence-electron chi connectivity index (χ3n) is 2.44. The van der Waals surface area contributed by atoms with Crippen LogP contribution < -0.4 is 0 Å². The Bertz CT molecular complexity index is 360. The highest BCUT2D eigenvalue weighted by atomic mass is 16.5. The Morgan fingerprint density at radius 3 is 2.65 bits per heavy atom. The van der Waals surface area contributed by atoms with Crippen LogP contribution in [0.2, 0.25) is 0 Å². The zero-order valence-electron chi connectivity index (χ0n) is 10.3. The van der Waals surface area contributed by atoms with Crippen molar-refractivity contribution in [1.82, 2.24) is 4.98 Å². The van der Waals surface area contributed by atoms with Crippen LogP contribution in [0.15, 0.2) is 36.7 Å². The molecular formula is C14H19NO2. The van der Waals surface area contributed by atoms with Gasteiger partial charge in [-0.25, -0.2) is 4.79 Å². The number of aromatic nitrogens is 1. The van der Waals surface area contributed by atoms with Gasteiger partial charge >= 0.3 is 5.97 Å². The van der Waals surface area contributed by atoms with Gasteiger partial charge in [0.15, 0.2) is 0 Å². The SMILES string of the molecule is C=C(C)C(=O)OCCCCCc1ccncc1. The number of carbonyl (C=O) groups is 1. The molecule has 1 aromatic rings. The summed E-state index contributed by atoms with van der Waals surface area (Å²) < 4.78 is 5.01. The molecule has 92 valence electrons. The van der Waals surface area contributed by atoms with Crippen molar-refractivity contribution < 1.29 is 9.53 Å². The monoisotopic (exact) mass is 233 g/mol. The Hall–Kier alpha value is -1.64. The van der Waals surface area contributed by atoms with E-state index in [1.165, 1.54) is 5.56 Å². The zero-order chi connectivity index (χ0) is 12.5. The molecule has 1 heterocycles. The topological polar surface area (TPSA) is 39.2 Å². The normalized spacial score (nSPS) is 9.94. The molecule has 0 unspecified atom stereocenters. The molecule has 17 heavy (non-hydrogen) atoms. The standard InChI is InChI=1S/C14H19NO2/c1-12(2)14(16)17-11-5-3-4-6-13-7-9-15-10-8-13/h7-10H,1,3-6,11H2,2H3. The summed E-state index contributed by atoms with van der Waals surface area (Å²) in [6.07, 6.45) is 7.75. The molecule has 0 aliphatic rings. The fourth-order valence-corrected chi connectivity index (χ4v) is 1.45. The highest BCUT2D eigenvalue weighted by Crippen LogP contribution is 2.05. The maximum Gasteiger partial charge on any atom is 0.333 e.